The fourth-order valence-electron chi connectivity index (χ4n) is 4.30. The van der Waals surface area contributed by atoms with Crippen molar-refractivity contribution < 1.29 is 13.6 Å². The number of para-hydroxylation sites is 4. The second-order valence-electron chi connectivity index (χ2n) is 8.16. The first kappa shape index (κ1) is 23.5. The van der Waals surface area contributed by atoms with Gasteiger partial charge in [0.15, 0.2) is 0 Å². The molecule has 2 aromatic heterocycles. The van der Waals surface area contributed by atoms with Crippen molar-refractivity contribution >= 4 is 29.7 Å². The number of rotatable bonds is 10. The van der Waals surface area contributed by atoms with Crippen molar-refractivity contribution in [2.75, 3.05) is 19.4 Å². The Morgan fingerprint density at radius 2 is 1.52 bits per heavy atom. The van der Waals surface area contributed by atoms with E-state index in [2.05, 4.69) is 0 Å². The predicted octanol–water partition coefficient (Wildman–Crippen LogP) is 5.05. The van der Waals surface area contributed by atoms with Crippen molar-refractivity contribution in [2.45, 2.75) is 46.8 Å². The van der Waals surface area contributed by atoms with E-state index >= 15 is 0 Å². The summed E-state index contributed by atoms with van der Waals surface area (Å²) in [5, 5.41) is 0. The Morgan fingerprint density at radius 3 is 2.15 bits per heavy atom. The Morgan fingerprint density at radius 1 is 0.909 bits per heavy atom. The van der Waals surface area contributed by atoms with E-state index in [0.717, 1.165) is 27.9 Å². The van der Waals surface area contributed by atoms with Crippen LogP contribution in [-0.4, -0.2) is 38.1 Å². The normalized spacial score (nSPS) is 12.4. The molecule has 2 heterocycles. The smallest absolute Gasteiger partial charge is 0.326 e. The summed E-state index contributed by atoms with van der Waals surface area (Å²) in [5.74, 6) is 0.726. The minimum absolute atomic E-state index is 0.0331. The van der Waals surface area contributed by atoms with Crippen LogP contribution in [0.5, 0.6) is 0 Å². The van der Waals surface area contributed by atoms with Crippen LogP contribution in [0.4, 0.5) is 0 Å². The van der Waals surface area contributed by atoms with Crippen LogP contribution < -0.4 is 5.69 Å². The lowest BCUT2D eigenvalue weighted by atomic mass is 10.3. The number of aromatic nitrogens is 4. The van der Waals surface area contributed by atoms with Gasteiger partial charge in [0, 0.05) is 12.6 Å². The van der Waals surface area contributed by atoms with Crippen molar-refractivity contribution in [1.29, 1.82) is 0 Å². The quantitative estimate of drug-likeness (QED) is 0.303. The lowest BCUT2D eigenvalue weighted by molar-refractivity contribution is 0.219. The Bertz CT molecular complexity index is 1360. The Kier molecular flexibility index (Phi) is 6.88. The van der Waals surface area contributed by atoms with Crippen LogP contribution in [0.25, 0.3) is 22.1 Å². The van der Waals surface area contributed by atoms with Gasteiger partial charge in [0.2, 0.25) is 0 Å². The van der Waals surface area contributed by atoms with E-state index in [9.17, 15) is 9.36 Å². The van der Waals surface area contributed by atoms with E-state index in [1.807, 2.05) is 66.9 Å². The highest BCUT2D eigenvalue weighted by Crippen LogP contribution is 2.48. The van der Waals surface area contributed by atoms with Crippen molar-refractivity contribution in [3.8, 4) is 0 Å². The summed E-state index contributed by atoms with van der Waals surface area (Å²) in [4.78, 5) is 18.2. The fraction of sp³-hybridized carbons (Fsp3) is 0.417. The highest BCUT2D eigenvalue weighted by atomic mass is 31.2. The summed E-state index contributed by atoms with van der Waals surface area (Å²) in [6.07, 6.45) is 0.227. The molecule has 8 nitrogen and oxygen atoms in total. The highest BCUT2D eigenvalue weighted by molar-refractivity contribution is 7.53. The minimum Gasteiger partial charge on any atom is -0.326 e. The van der Waals surface area contributed by atoms with Gasteiger partial charge in [0.05, 0.1) is 48.0 Å². The third-order valence-electron chi connectivity index (χ3n) is 5.67. The van der Waals surface area contributed by atoms with Gasteiger partial charge in [-0.1, -0.05) is 24.3 Å². The monoisotopic (exact) mass is 470 g/mol. The zero-order valence-electron chi connectivity index (χ0n) is 19.6. The van der Waals surface area contributed by atoms with Crippen molar-refractivity contribution in [1.82, 2.24) is 18.7 Å². The number of aryl methyl sites for hydroxylation is 1. The van der Waals surface area contributed by atoms with Gasteiger partial charge in [0.1, 0.15) is 5.82 Å². The number of imidazole rings is 2. The van der Waals surface area contributed by atoms with Crippen LogP contribution in [0.1, 0.15) is 39.6 Å². The molecule has 2 aromatic carbocycles. The standard InChI is InChI=1S/C24H31N4O4P/c1-5-31-33(30,32-6-2)16-15-26-20-12-8-7-11-19(20)25-23(26)17-27-21-13-9-10-14-22(21)28(18(3)4)24(27)29/h7-14,18H,5-6,15-17H2,1-4H3. The van der Waals surface area contributed by atoms with Gasteiger partial charge >= 0.3 is 13.3 Å². The first-order chi connectivity index (χ1) is 15.9. The van der Waals surface area contributed by atoms with Gasteiger partial charge in [-0.25, -0.2) is 9.78 Å². The third kappa shape index (κ3) is 4.56. The van der Waals surface area contributed by atoms with E-state index in [4.69, 9.17) is 14.0 Å². The molecule has 0 aliphatic rings. The van der Waals surface area contributed by atoms with Gasteiger partial charge in [-0.3, -0.25) is 13.7 Å². The molecule has 0 saturated carbocycles. The minimum atomic E-state index is -3.22. The molecule has 0 radical (unpaired) electrons. The molecule has 0 aliphatic carbocycles. The number of hydrogen-bond donors (Lipinski definition) is 0. The van der Waals surface area contributed by atoms with E-state index in [1.165, 1.54) is 0 Å². The van der Waals surface area contributed by atoms with Crippen LogP contribution in [0.2, 0.25) is 0 Å². The van der Waals surface area contributed by atoms with Gasteiger partial charge in [0.25, 0.3) is 0 Å². The summed E-state index contributed by atoms with van der Waals surface area (Å²) in [5.41, 5.74) is 3.45. The summed E-state index contributed by atoms with van der Waals surface area (Å²) in [6.45, 7) is 8.98. The van der Waals surface area contributed by atoms with Crippen LogP contribution in [0.15, 0.2) is 53.3 Å². The van der Waals surface area contributed by atoms with Gasteiger partial charge in [-0.05, 0) is 52.0 Å². The second kappa shape index (κ2) is 9.67. The summed E-state index contributed by atoms with van der Waals surface area (Å²) in [6, 6.07) is 15.7. The van der Waals surface area contributed by atoms with E-state index in [1.54, 1.807) is 23.0 Å². The Labute approximate surface area is 193 Å². The molecular formula is C24H31N4O4P. The number of hydrogen-bond acceptors (Lipinski definition) is 5. The molecule has 33 heavy (non-hydrogen) atoms. The number of benzene rings is 2. The summed E-state index contributed by atoms with van der Waals surface area (Å²) >= 11 is 0. The third-order valence-corrected chi connectivity index (χ3v) is 7.72. The summed E-state index contributed by atoms with van der Waals surface area (Å²) in [7, 11) is -3.22. The van der Waals surface area contributed by atoms with E-state index in [0.29, 0.717) is 26.3 Å². The van der Waals surface area contributed by atoms with Crippen LogP contribution in [-0.2, 0) is 26.7 Å². The zero-order chi connectivity index (χ0) is 23.6. The number of nitrogens with zero attached hydrogens (tertiary/aromatic N) is 4. The molecular weight excluding hydrogens is 439 g/mol. The maximum absolute atomic E-state index is 13.4. The molecule has 4 rings (SSSR count). The molecule has 0 N–H and O–H groups in total. The average molecular weight is 471 g/mol. The molecule has 0 bridgehead atoms. The van der Waals surface area contributed by atoms with Crippen LogP contribution >= 0.6 is 7.60 Å². The average Bonchev–Trinajstić information content (AvgIpc) is 3.27. The fourth-order valence-corrected chi connectivity index (χ4v) is 5.87. The number of fused-ring (bicyclic) bond motifs is 2. The SMILES string of the molecule is CCOP(=O)(CCn1c(Cn2c(=O)n(C(C)C)c3ccccc32)nc2ccccc21)OCC. The molecule has 4 aromatic rings. The van der Waals surface area contributed by atoms with Gasteiger partial charge < -0.3 is 13.6 Å². The van der Waals surface area contributed by atoms with Crippen LogP contribution in [0.3, 0.4) is 0 Å². The zero-order valence-corrected chi connectivity index (χ0v) is 20.5. The van der Waals surface area contributed by atoms with Crippen molar-refractivity contribution in [3.63, 3.8) is 0 Å². The molecule has 0 atom stereocenters. The molecule has 176 valence electrons. The lowest BCUT2D eigenvalue weighted by Gasteiger charge is -2.18. The van der Waals surface area contributed by atoms with Gasteiger partial charge in [-0.15, -0.1) is 0 Å². The van der Waals surface area contributed by atoms with Crippen molar-refractivity contribution in [3.05, 3.63) is 64.8 Å². The highest BCUT2D eigenvalue weighted by Gasteiger charge is 2.25. The molecule has 9 heteroatoms. The Balaban J connectivity index is 1.78. The first-order valence-corrected chi connectivity index (χ1v) is 13.1. The lowest BCUT2D eigenvalue weighted by Crippen LogP contribution is -2.27. The van der Waals surface area contributed by atoms with E-state index in [-0.39, 0.29) is 17.9 Å². The molecule has 0 saturated heterocycles. The van der Waals surface area contributed by atoms with E-state index < -0.39 is 7.60 Å². The maximum Gasteiger partial charge on any atom is 0.332 e. The van der Waals surface area contributed by atoms with Crippen LogP contribution in [0, 0.1) is 0 Å². The van der Waals surface area contributed by atoms with Crippen molar-refractivity contribution in [2.24, 2.45) is 0 Å². The largest absolute Gasteiger partial charge is 0.332 e. The second-order valence-corrected chi connectivity index (χ2v) is 10.3. The summed E-state index contributed by atoms with van der Waals surface area (Å²) < 4.78 is 29.6. The Hall–Kier alpha value is -2.67. The maximum atomic E-state index is 13.4. The molecule has 0 aliphatic heterocycles. The molecule has 0 spiro atoms. The molecule has 0 unspecified atom stereocenters. The molecule has 0 amide bonds. The van der Waals surface area contributed by atoms with Gasteiger partial charge in [-0.2, -0.15) is 0 Å². The topological polar surface area (TPSA) is 80.3 Å². The first-order valence-electron chi connectivity index (χ1n) is 11.4. The predicted molar refractivity (Wildman–Crippen MR) is 131 cm³/mol. The molecule has 0 fully saturated rings.